The molecule has 3 N–H and O–H groups in total. The van der Waals surface area contributed by atoms with Crippen LogP contribution in [0.4, 0.5) is 0 Å². The SMILES string of the molecule is CN1CCN(Cc2c[nH]c3c2C(=O)c2c(c(O)c4ccccc4c2O)C3=O)CC1.Cl. The lowest BCUT2D eigenvalue weighted by Gasteiger charge is -2.32. The Morgan fingerprint density at radius 2 is 1.47 bits per heavy atom. The van der Waals surface area contributed by atoms with Crippen LogP contribution < -0.4 is 0 Å². The van der Waals surface area contributed by atoms with Crippen LogP contribution in [0, 0.1) is 0 Å². The van der Waals surface area contributed by atoms with E-state index in [4.69, 9.17) is 0 Å². The highest BCUT2D eigenvalue weighted by Crippen LogP contribution is 2.44. The molecule has 1 saturated heterocycles. The molecule has 8 heteroatoms. The summed E-state index contributed by atoms with van der Waals surface area (Å²) < 4.78 is 0. The summed E-state index contributed by atoms with van der Waals surface area (Å²) in [6.45, 7) is 4.21. The molecule has 30 heavy (non-hydrogen) atoms. The monoisotopic (exact) mass is 427 g/mol. The number of nitrogens with one attached hydrogen (secondary N) is 1. The summed E-state index contributed by atoms with van der Waals surface area (Å²) in [6.07, 6.45) is 1.69. The van der Waals surface area contributed by atoms with Crippen LogP contribution in [0.25, 0.3) is 10.8 Å². The molecular weight excluding hydrogens is 406 g/mol. The fourth-order valence-electron chi connectivity index (χ4n) is 4.37. The number of aromatic nitrogens is 1. The van der Waals surface area contributed by atoms with Crippen molar-refractivity contribution in [1.29, 1.82) is 0 Å². The third kappa shape index (κ3) is 2.89. The quantitative estimate of drug-likeness (QED) is 0.425. The van der Waals surface area contributed by atoms with Gasteiger partial charge in [-0.1, -0.05) is 24.3 Å². The van der Waals surface area contributed by atoms with Gasteiger partial charge >= 0.3 is 0 Å². The second kappa shape index (κ2) is 7.43. The first-order valence-corrected chi connectivity index (χ1v) is 9.64. The van der Waals surface area contributed by atoms with Gasteiger partial charge in [-0.2, -0.15) is 0 Å². The van der Waals surface area contributed by atoms with Gasteiger partial charge in [0.2, 0.25) is 5.78 Å². The number of hydrogen-bond donors (Lipinski definition) is 3. The molecule has 1 aromatic heterocycles. The van der Waals surface area contributed by atoms with Crippen molar-refractivity contribution in [3.63, 3.8) is 0 Å². The molecule has 2 aromatic carbocycles. The van der Waals surface area contributed by atoms with E-state index >= 15 is 0 Å². The Labute approximate surface area is 179 Å². The third-order valence-electron chi connectivity index (χ3n) is 6.02. The van der Waals surface area contributed by atoms with E-state index in [-0.39, 0.29) is 40.7 Å². The highest BCUT2D eigenvalue weighted by molar-refractivity contribution is 6.32. The number of H-pyrrole nitrogens is 1. The minimum absolute atomic E-state index is 0. The van der Waals surface area contributed by atoms with Crippen LogP contribution in [0.15, 0.2) is 30.5 Å². The van der Waals surface area contributed by atoms with Crippen LogP contribution >= 0.6 is 12.4 Å². The van der Waals surface area contributed by atoms with E-state index < -0.39 is 11.6 Å². The average molecular weight is 428 g/mol. The highest BCUT2D eigenvalue weighted by Gasteiger charge is 2.39. The molecule has 0 bridgehead atoms. The number of likely N-dealkylation sites (N-methyl/N-ethyl adjacent to an activating group) is 1. The molecule has 1 aliphatic heterocycles. The third-order valence-corrected chi connectivity index (χ3v) is 6.02. The summed E-state index contributed by atoms with van der Waals surface area (Å²) >= 11 is 0. The van der Waals surface area contributed by atoms with Crippen LogP contribution in [0.1, 0.15) is 37.5 Å². The number of halogens is 1. The zero-order valence-corrected chi connectivity index (χ0v) is 17.3. The van der Waals surface area contributed by atoms with Gasteiger partial charge < -0.3 is 20.1 Å². The van der Waals surface area contributed by atoms with Crippen molar-refractivity contribution in [2.24, 2.45) is 0 Å². The van der Waals surface area contributed by atoms with E-state index in [0.29, 0.717) is 22.9 Å². The number of fused-ring (bicyclic) bond motifs is 3. The van der Waals surface area contributed by atoms with E-state index in [0.717, 1.165) is 31.7 Å². The fraction of sp³-hybridized carbons (Fsp3) is 0.273. The van der Waals surface area contributed by atoms with Crippen molar-refractivity contribution >= 4 is 34.7 Å². The predicted molar refractivity (Wildman–Crippen MR) is 115 cm³/mol. The normalized spacial score (nSPS) is 17.0. The van der Waals surface area contributed by atoms with Gasteiger partial charge in [0.1, 0.15) is 11.5 Å². The lowest BCUT2D eigenvalue weighted by atomic mass is 9.83. The van der Waals surface area contributed by atoms with Crippen LogP contribution in [-0.4, -0.2) is 69.8 Å². The number of piperazine rings is 1. The maximum absolute atomic E-state index is 13.4. The standard InChI is InChI=1S/C22H21N3O4.ClH/c1-24-6-8-25(9-7-24)11-12-10-23-18-15(12)21(28)16-17(22(18)29)20(27)14-5-3-2-4-13(14)19(16)26;/h2-5,10,23,26-27H,6-9,11H2,1H3;1H. The minimum Gasteiger partial charge on any atom is -0.506 e. The van der Waals surface area contributed by atoms with Crippen LogP contribution in [-0.2, 0) is 6.54 Å². The molecule has 7 nitrogen and oxygen atoms in total. The molecule has 1 aliphatic carbocycles. The number of ketones is 2. The molecule has 5 rings (SSSR count). The first kappa shape index (κ1) is 20.4. The zero-order chi connectivity index (χ0) is 20.3. The Bertz CT molecular complexity index is 1180. The summed E-state index contributed by atoms with van der Waals surface area (Å²) in [7, 11) is 2.08. The second-order valence-corrected chi connectivity index (χ2v) is 7.79. The van der Waals surface area contributed by atoms with E-state index in [1.165, 1.54) is 0 Å². The van der Waals surface area contributed by atoms with Gasteiger partial charge in [0.15, 0.2) is 5.78 Å². The molecule has 3 aromatic rings. The van der Waals surface area contributed by atoms with Gasteiger partial charge in [-0.05, 0) is 12.6 Å². The van der Waals surface area contributed by atoms with Crippen molar-refractivity contribution in [1.82, 2.24) is 14.8 Å². The topological polar surface area (TPSA) is 96.9 Å². The van der Waals surface area contributed by atoms with E-state index in [2.05, 4.69) is 21.8 Å². The number of aromatic hydroxyl groups is 2. The van der Waals surface area contributed by atoms with E-state index in [1.54, 1.807) is 30.5 Å². The Hall–Kier alpha value is -2.87. The minimum atomic E-state index is -0.474. The summed E-state index contributed by atoms with van der Waals surface area (Å²) in [5, 5.41) is 22.2. The van der Waals surface area contributed by atoms with E-state index in [1.807, 2.05) is 0 Å². The lowest BCUT2D eigenvalue weighted by molar-refractivity contribution is 0.0970. The summed E-state index contributed by atoms with van der Waals surface area (Å²) in [5.74, 6) is -1.44. The van der Waals surface area contributed by atoms with Gasteiger partial charge in [0.05, 0.1) is 22.4 Å². The Morgan fingerprint density at radius 3 is 2.07 bits per heavy atom. The molecule has 2 aliphatic rings. The summed E-state index contributed by atoms with van der Waals surface area (Å²) in [4.78, 5) is 34.0. The smallest absolute Gasteiger partial charge is 0.214 e. The average Bonchev–Trinajstić information content (AvgIpc) is 3.15. The number of carbonyl (C=O) groups is 2. The first-order chi connectivity index (χ1) is 14.0. The van der Waals surface area contributed by atoms with Gasteiger partial charge in [-0.25, -0.2) is 0 Å². The number of rotatable bonds is 2. The molecule has 2 heterocycles. The fourth-order valence-corrected chi connectivity index (χ4v) is 4.37. The maximum atomic E-state index is 13.4. The van der Waals surface area contributed by atoms with Crippen molar-refractivity contribution in [3.05, 3.63) is 58.4 Å². The van der Waals surface area contributed by atoms with Crippen LogP contribution in [0.2, 0.25) is 0 Å². The van der Waals surface area contributed by atoms with Crippen LogP contribution in [0.3, 0.4) is 0 Å². The molecule has 1 fully saturated rings. The van der Waals surface area contributed by atoms with Gasteiger partial charge in [-0.3, -0.25) is 14.5 Å². The summed E-state index contributed by atoms with van der Waals surface area (Å²) in [6, 6.07) is 6.66. The Morgan fingerprint density at radius 1 is 0.900 bits per heavy atom. The van der Waals surface area contributed by atoms with Gasteiger partial charge in [0.25, 0.3) is 0 Å². The van der Waals surface area contributed by atoms with Crippen molar-refractivity contribution < 1.29 is 19.8 Å². The lowest BCUT2D eigenvalue weighted by Crippen LogP contribution is -2.44. The number of benzene rings is 2. The number of phenolic OH excluding ortho intramolecular Hbond substituents is 2. The maximum Gasteiger partial charge on any atom is 0.214 e. The number of carbonyl (C=O) groups excluding carboxylic acids is 2. The highest BCUT2D eigenvalue weighted by atomic mass is 35.5. The molecule has 156 valence electrons. The second-order valence-electron chi connectivity index (χ2n) is 7.79. The van der Waals surface area contributed by atoms with Crippen LogP contribution in [0.5, 0.6) is 11.5 Å². The zero-order valence-electron chi connectivity index (χ0n) is 16.4. The molecule has 0 amide bonds. The number of nitrogens with zero attached hydrogens (tertiary/aromatic N) is 2. The molecule has 0 radical (unpaired) electrons. The number of aromatic amines is 1. The van der Waals surface area contributed by atoms with Crippen molar-refractivity contribution in [2.75, 3.05) is 33.2 Å². The predicted octanol–water partition coefficient (Wildman–Crippen LogP) is 2.52. The molecule has 0 spiro atoms. The molecule has 0 atom stereocenters. The van der Waals surface area contributed by atoms with Gasteiger partial charge in [-0.15, -0.1) is 12.4 Å². The van der Waals surface area contributed by atoms with Gasteiger partial charge in [0, 0.05) is 49.7 Å². The first-order valence-electron chi connectivity index (χ1n) is 9.64. The molecule has 0 unspecified atom stereocenters. The molecular formula is C22H22ClN3O4. The molecule has 0 saturated carbocycles. The number of phenols is 2. The Kier molecular flexibility index (Phi) is 5.05. The largest absolute Gasteiger partial charge is 0.506 e. The van der Waals surface area contributed by atoms with Crippen molar-refractivity contribution in [3.8, 4) is 11.5 Å². The van der Waals surface area contributed by atoms with E-state index in [9.17, 15) is 19.8 Å². The number of hydrogen-bond acceptors (Lipinski definition) is 6. The Balaban J connectivity index is 0.00000218. The summed E-state index contributed by atoms with van der Waals surface area (Å²) in [5.41, 5.74) is 0.966. The van der Waals surface area contributed by atoms with Crippen molar-refractivity contribution in [2.45, 2.75) is 6.54 Å².